The third-order valence-electron chi connectivity index (χ3n) is 7.77. The molecular weight excluding hydrogens is 605 g/mol. The molecule has 7 rings (SSSR count). The van der Waals surface area contributed by atoms with Crippen molar-refractivity contribution in [2.45, 2.75) is 18.7 Å². The molecule has 3 aliphatic heterocycles. The number of carboxylic acid groups (broad SMARTS) is 1. The van der Waals surface area contributed by atoms with E-state index in [1.54, 1.807) is 21.6 Å². The van der Waals surface area contributed by atoms with Gasteiger partial charge in [0.25, 0.3) is 5.91 Å². The molecule has 15 nitrogen and oxygen atoms in total. The van der Waals surface area contributed by atoms with Crippen LogP contribution in [0.4, 0.5) is 31.4 Å². The summed E-state index contributed by atoms with van der Waals surface area (Å²) in [5, 5.41) is 14.9. The van der Waals surface area contributed by atoms with Crippen molar-refractivity contribution in [1.29, 1.82) is 0 Å². The van der Waals surface area contributed by atoms with Gasteiger partial charge in [0.2, 0.25) is 5.43 Å². The van der Waals surface area contributed by atoms with E-state index in [9.17, 15) is 19.2 Å². The fraction of sp³-hybridized carbons (Fsp3) is 0.267. The van der Waals surface area contributed by atoms with Crippen molar-refractivity contribution in [3.8, 4) is 11.5 Å². The van der Waals surface area contributed by atoms with Crippen LogP contribution >= 0.6 is 0 Å². The number of halogens is 1. The molecule has 2 amide bonds. The normalized spacial score (nSPS) is 17.6. The van der Waals surface area contributed by atoms with Crippen LogP contribution in [0.5, 0.6) is 11.5 Å². The molecule has 0 radical (unpaired) electrons. The Hall–Kier alpha value is -5.77. The Labute approximate surface area is 259 Å². The Morgan fingerprint density at radius 2 is 1.91 bits per heavy atom. The molecule has 16 heteroatoms. The highest BCUT2D eigenvalue weighted by Gasteiger charge is 2.36. The number of nitrogens with one attached hydrogen (secondary N) is 2. The number of hydrogen-bond acceptors (Lipinski definition) is 11. The topological polar surface area (TPSA) is 177 Å². The summed E-state index contributed by atoms with van der Waals surface area (Å²) < 4.78 is 32.4. The predicted octanol–water partition coefficient (Wildman–Crippen LogP) is 2.17. The van der Waals surface area contributed by atoms with Crippen molar-refractivity contribution in [3.63, 3.8) is 0 Å². The fourth-order valence-corrected chi connectivity index (χ4v) is 5.54. The molecule has 3 N–H and O–H groups in total. The van der Waals surface area contributed by atoms with Gasteiger partial charge in [-0.15, -0.1) is 0 Å². The zero-order valence-electron chi connectivity index (χ0n) is 24.0. The van der Waals surface area contributed by atoms with E-state index in [-0.39, 0.29) is 54.3 Å². The molecule has 6 heterocycles. The van der Waals surface area contributed by atoms with Gasteiger partial charge in [0.1, 0.15) is 17.6 Å². The molecule has 236 valence electrons. The quantitative estimate of drug-likeness (QED) is 0.242. The SMILES string of the molecule is O=C1COc2ccc(N3C[C@@H](CNC4CN(c5nc6c(cc5F)c(=O)c(OC(=O)O)cn6Cc5ccccc5)C4)OC3=O)nc2N1. The van der Waals surface area contributed by atoms with Crippen LogP contribution in [0, 0.1) is 5.82 Å². The summed E-state index contributed by atoms with van der Waals surface area (Å²) in [6, 6.07) is 13.5. The first kappa shape index (κ1) is 29.0. The van der Waals surface area contributed by atoms with E-state index in [2.05, 4.69) is 25.3 Å². The third kappa shape index (κ3) is 5.61. The standard InChI is InChI=1S/C30H26FN7O8/c31-20-8-19-25(40)22(46-30(42)43)14-36(10-16-4-2-1-3-5-16)27(19)35-28(20)37-11-17(12-37)32-9-18-13-38(29(41)45-18)23-7-6-21-26(33-23)34-24(39)15-44-21/h1-8,14,17-18,32H,9-13,15H2,(H,42,43)(H,33,34,39)/t18-/m1/s1. The highest BCUT2D eigenvalue weighted by molar-refractivity contribution is 5.95. The summed E-state index contributed by atoms with van der Waals surface area (Å²) in [5.74, 6) is -0.508. The van der Waals surface area contributed by atoms with Crippen molar-refractivity contribution >= 4 is 46.6 Å². The van der Waals surface area contributed by atoms with Crippen LogP contribution in [0.15, 0.2) is 59.5 Å². The number of fused-ring (bicyclic) bond motifs is 2. The molecule has 0 bridgehead atoms. The van der Waals surface area contributed by atoms with Gasteiger partial charge in [-0.25, -0.2) is 23.9 Å². The first-order chi connectivity index (χ1) is 22.2. The molecule has 0 unspecified atom stereocenters. The summed E-state index contributed by atoms with van der Waals surface area (Å²) >= 11 is 0. The number of pyridine rings is 3. The van der Waals surface area contributed by atoms with Crippen LogP contribution in [0.25, 0.3) is 11.0 Å². The Morgan fingerprint density at radius 1 is 1.11 bits per heavy atom. The van der Waals surface area contributed by atoms with Gasteiger partial charge in [0, 0.05) is 32.2 Å². The zero-order chi connectivity index (χ0) is 31.9. The molecule has 0 aliphatic carbocycles. The lowest BCUT2D eigenvalue weighted by atomic mass is 10.1. The van der Waals surface area contributed by atoms with Gasteiger partial charge in [-0.3, -0.25) is 14.5 Å². The van der Waals surface area contributed by atoms with Gasteiger partial charge >= 0.3 is 12.2 Å². The van der Waals surface area contributed by atoms with Gasteiger partial charge in [-0.1, -0.05) is 30.3 Å². The second-order valence-corrected chi connectivity index (χ2v) is 10.9. The maximum atomic E-state index is 15.3. The maximum absolute atomic E-state index is 15.3. The molecule has 3 aromatic heterocycles. The van der Waals surface area contributed by atoms with E-state index in [1.807, 2.05) is 30.3 Å². The van der Waals surface area contributed by atoms with Crippen molar-refractivity contribution in [2.75, 3.05) is 47.9 Å². The minimum Gasteiger partial charge on any atom is -0.480 e. The van der Waals surface area contributed by atoms with Crippen LogP contribution < -0.4 is 35.3 Å². The number of cyclic esters (lactones) is 1. The fourth-order valence-electron chi connectivity index (χ4n) is 5.54. The van der Waals surface area contributed by atoms with Crippen LogP contribution in [0.1, 0.15) is 5.56 Å². The highest BCUT2D eigenvalue weighted by Crippen LogP contribution is 2.30. The van der Waals surface area contributed by atoms with Crippen molar-refractivity contribution in [1.82, 2.24) is 19.9 Å². The number of benzene rings is 1. The zero-order valence-corrected chi connectivity index (χ0v) is 24.0. The molecule has 4 aromatic rings. The van der Waals surface area contributed by atoms with E-state index in [0.29, 0.717) is 31.2 Å². The maximum Gasteiger partial charge on any atom is 0.511 e. The van der Waals surface area contributed by atoms with E-state index < -0.39 is 35.3 Å². The predicted molar refractivity (Wildman–Crippen MR) is 160 cm³/mol. The molecule has 0 saturated carbocycles. The number of aromatic nitrogens is 3. The van der Waals surface area contributed by atoms with E-state index >= 15 is 4.39 Å². The summed E-state index contributed by atoms with van der Waals surface area (Å²) in [6.45, 7) is 1.49. The second kappa shape index (κ2) is 11.6. The molecule has 0 spiro atoms. The lowest BCUT2D eigenvalue weighted by Crippen LogP contribution is -2.59. The molecule has 1 atom stereocenters. The lowest BCUT2D eigenvalue weighted by Gasteiger charge is -2.41. The Kier molecular flexibility index (Phi) is 7.32. The summed E-state index contributed by atoms with van der Waals surface area (Å²) in [4.78, 5) is 60.3. The number of hydrogen-bond donors (Lipinski definition) is 3. The Balaban J connectivity index is 1.02. The van der Waals surface area contributed by atoms with Crippen LogP contribution in [-0.4, -0.2) is 82.7 Å². The minimum atomic E-state index is -1.66. The summed E-state index contributed by atoms with van der Waals surface area (Å²) in [6.07, 6.45) is -1.45. The average Bonchev–Trinajstić information content (AvgIpc) is 3.39. The summed E-state index contributed by atoms with van der Waals surface area (Å²) in [7, 11) is 0. The van der Waals surface area contributed by atoms with Crippen molar-refractivity contribution in [3.05, 3.63) is 76.3 Å². The molecular formula is C30H26FN7O8. The average molecular weight is 632 g/mol. The van der Waals surface area contributed by atoms with E-state index in [1.165, 1.54) is 11.1 Å². The first-order valence-electron chi connectivity index (χ1n) is 14.3. The van der Waals surface area contributed by atoms with Gasteiger partial charge < -0.3 is 39.4 Å². The number of carbonyl (C=O) groups is 3. The second-order valence-electron chi connectivity index (χ2n) is 10.9. The van der Waals surface area contributed by atoms with E-state index in [0.717, 1.165) is 11.6 Å². The highest BCUT2D eigenvalue weighted by atomic mass is 19.1. The Morgan fingerprint density at radius 3 is 2.70 bits per heavy atom. The van der Waals surface area contributed by atoms with Crippen LogP contribution in [0.2, 0.25) is 0 Å². The lowest BCUT2D eigenvalue weighted by molar-refractivity contribution is -0.118. The number of amides is 2. The molecule has 2 saturated heterocycles. The van der Waals surface area contributed by atoms with Crippen molar-refractivity contribution in [2.24, 2.45) is 0 Å². The number of rotatable bonds is 8. The largest absolute Gasteiger partial charge is 0.511 e. The molecule has 3 aliphatic rings. The molecule has 46 heavy (non-hydrogen) atoms. The van der Waals surface area contributed by atoms with Gasteiger partial charge in [-0.05, 0) is 23.8 Å². The van der Waals surface area contributed by atoms with E-state index in [4.69, 9.17) is 14.6 Å². The van der Waals surface area contributed by atoms with Gasteiger partial charge in [-0.2, -0.15) is 0 Å². The van der Waals surface area contributed by atoms with Crippen LogP contribution in [0.3, 0.4) is 0 Å². The number of carbonyl (C=O) groups excluding carboxylic acids is 2. The summed E-state index contributed by atoms with van der Waals surface area (Å²) in [5.41, 5.74) is 0.245. The third-order valence-corrected chi connectivity index (χ3v) is 7.77. The van der Waals surface area contributed by atoms with Crippen LogP contribution in [-0.2, 0) is 16.1 Å². The smallest absolute Gasteiger partial charge is 0.480 e. The monoisotopic (exact) mass is 631 g/mol. The van der Waals surface area contributed by atoms with Gasteiger partial charge in [0.05, 0.1) is 18.1 Å². The Bertz CT molecular complexity index is 1930. The van der Waals surface area contributed by atoms with Crippen molar-refractivity contribution < 1.29 is 38.1 Å². The molecule has 2 fully saturated rings. The number of anilines is 3. The van der Waals surface area contributed by atoms with Gasteiger partial charge in [0.15, 0.2) is 35.6 Å². The number of ether oxygens (including phenoxy) is 3. The number of nitrogens with zero attached hydrogens (tertiary/aromatic N) is 5. The minimum absolute atomic E-state index is 0.0479. The first-order valence-corrected chi connectivity index (χ1v) is 14.3. The molecule has 1 aromatic carbocycles.